The van der Waals surface area contributed by atoms with Gasteiger partial charge in [-0.15, -0.1) is 0 Å². The summed E-state index contributed by atoms with van der Waals surface area (Å²) in [4.78, 5) is 11.7. The number of benzene rings is 1. The quantitative estimate of drug-likeness (QED) is 0.692. The van der Waals surface area contributed by atoms with Gasteiger partial charge in [-0.2, -0.15) is 0 Å². The van der Waals surface area contributed by atoms with Crippen LogP contribution >= 0.6 is 0 Å². The molecule has 0 spiro atoms. The van der Waals surface area contributed by atoms with Gasteiger partial charge in [0.25, 0.3) is 0 Å². The number of nitrogens with one attached hydrogen (secondary N) is 2. The largest absolute Gasteiger partial charge is 0.338 e. The van der Waals surface area contributed by atoms with Gasteiger partial charge in [0, 0.05) is 12.6 Å². The second kappa shape index (κ2) is 9.42. The molecule has 2 N–H and O–H groups in total. The fourth-order valence-corrected chi connectivity index (χ4v) is 2.01. The predicted molar refractivity (Wildman–Crippen MR) is 80.3 cm³/mol. The smallest absolute Gasteiger partial charge is 0.315 e. The molecule has 0 aliphatic carbocycles. The molecular formula is C16H26N2O. The Kier molecular flexibility index (Phi) is 7.71. The van der Waals surface area contributed by atoms with Crippen LogP contribution in [0.15, 0.2) is 30.3 Å². The van der Waals surface area contributed by atoms with Crippen molar-refractivity contribution in [3.8, 4) is 0 Å². The van der Waals surface area contributed by atoms with Crippen LogP contribution in [0.2, 0.25) is 0 Å². The molecule has 2 amide bonds. The summed E-state index contributed by atoms with van der Waals surface area (Å²) >= 11 is 0. The summed E-state index contributed by atoms with van der Waals surface area (Å²) in [5.74, 6) is 0. The second-order valence-corrected chi connectivity index (χ2v) is 5.03. The van der Waals surface area contributed by atoms with Crippen molar-refractivity contribution in [3.63, 3.8) is 0 Å². The SMILES string of the molecule is CCCCCC(C)NC(=O)NCCc1ccccc1. The van der Waals surface area contributed by atoms with Crippen LogP contribution in [-0.2, 0) is 6.42 Å². The summed E-state index contributed by atoms with van der Waals surface area (Å²) < 4.78 is 0. The molecule has 106 valence electrons. The van der Waals surface area contributed by atoms with E-state index >= 15 is 0 Å². The van der Waals surface area contributed by atoms with E-state index in [4.69, 9.17) is 0 Å². The molecule has 0 fully saturated rings. The Bertz CT molecular complexity index is 351. The first kappa shape index (κ1) is 15.5. The lowest BCUT2D eigenvalue weighted by Gasteiger charge is -2.14. The van der Waals surface area contributed by atoms with Gasteiger partial charge in [0.05, 0.1) is 0 Å². The highest BCUT2D eigenvalue weighted by molar-refractivity contribution is 5.74. The Balaban J connectivity index is 2.10. The number of urea groups is 1. The Morgan fingerprint density at radius 1 is 1.21 bits per heavy atom. The van der Waals surface area contributed by atoms with Crippen molar-refractivity contribution in [2.24, 2.45) is 0 Å². The molecule has 3 nitrogen and oxygen atoms in total. The number of hydrogen-bond donors (Lipinski definition) is 2. The normalized spacial score (nSPS) is 11.9. The summed E-state index contributed by atoms with van der Waals surface area (Å²) in [6.45, 7) is 4.93. The first-order chi connectivity index (χ1) is 9.22. The van der Waals surface area contributed by atoms with Crippen LogP contribution in [0.4, 0.5) is 4.79 Å². The summed E-state index contributed by atoms with van der Waals surface area (Å²) in [6.07, 6.45) is 5.57. The lowest BCUT2D eigenvalue weighted by atomic mass is 10.1. The van der Waals surface area contributed by atoms with E-state index in [1.54, 1.807) is 0 Å². The van der Waals surface area contributed by atoms with Crippen LogP contribution in [0.5, 0.6) is 0 Å². The van der Waals surface area contributed by atoms with Gasteiger partial charge in [0.1, 0.15) is 0 Å². The van der Waals surface area contributed by atoms with Crippen molar-refractivity contribution in [1.82, 2.24) is 10.6 Å². The summed E-state index contributed by atoms with van der Waals surface area (Å²) in [7, 11) is 0. The topological polar surface area (TPSA) is 41.1 Å². The Labute approximate surface area is 116 Å². The molecule has 1 aromatic carbocycles. The van der Waals surface area contributed by atoms with E-state index in [1.807, 2.05) is 18.2 Å². The lowest BCUT2D eigenvalue weighted by molar-refractivity contribution is 0.237. The standard InChI is InChI=1S/C16H26N2O/c1-3-4-6-9-14(2)18-16(19)17-13-12-15-10-7-5-8-11-15/h5,7-8,10-11,14H,3-4,6,9,12-13H2,1-2H3,(H2,17,18,19). The molecule has 0 bridgehead atoms. The van der Waals surface area contributed by atoms with Gasteiger partial charge in [-0.05, 0) is 25.3 Å². The number of unbranched alkanes of at least 4 members (excludes halogenated alkanes) is 2. The molecule has 1 atom stereocenters. The zero-order chi connectivity index (χ0) is 13.9. The Morgan fingerprint density at radius 2 is 1.95 bits per heavy atom. The maximum absolute atomic E-state index is 11.7. The van der Waals surface area contributed by atoms with E-state index in [1.165, 1.54) is 24.8 Å². The van der Waals surface area contributed by atoms with Gasteiger partial charge in [0.15, 0.2) is 0 Å². The fourth-order valence-electron chi connectivity index (χ4n) is 2.01. The molecule has 0 aliphatic rings. The van der Waals surface area contributed by atoms with Crippen molar-refractivity contribution < 1.29 is 4.79 Å². The van der Waals surface area contributed by atoms with Crippen molar-refractivity contribution in [1.29, 1.82) is 0 Å². The van der Waals surface area contributed by atoms with Gasteiger partial charge in [-0.1, -0.05) is 56.5 Å². The van der Waals surface area contributed by atoms with Gasteiger partial charge >= 0.3 is 6.03 Å². The molecule has 1 rings (SSSR count). The lowest BCUT2D eigenvalue weighted by Crippen LogP contribution is -2.41. The molecule has 3 heteroatoms. The number of carbonyl (C=O) groups is 1. The first-order valence-electron chi connectivity index (χ1n) is 7.30. The minimum Gasteiger partial charge on any atom is -0.338 e. The van der Waals surface area contributed by atoms with Gasteiger partial charge in [-0.25, -0.2) is 4.79 Å². The maximum atomic E-state index is 11.7. The average molecular weight is 262 g/mol. The van der Waals surface area contributed by atoms with E-state index < -0.39 is 0 Å². The average Bonchev–Trinajstić information content (AvgIpc) is 2.40. The summed E-state index contributed by atoms with van der Waals surface area (Å²) in [6, 6.07) is 10.4. The molecule has 0 aromatic heterocycles. The number of amides is 2. The van der Waals surface area contributed by atoms with Crippen LogP contribution in [-0.4, -0.2) is 18.6 Å². The number of carbonyl (C=O) groups excluding carboxylic acids is 1. The van der Waals surface area contributed by atoms with Crippen molar-refractivity contribution in [2.45, 2.75) is 52.0 Å². The molecule has 0 saturated carbocycles. The van der Waals surface area contributed by atoms with Crippen LogP contribution in [0.3, 0.4) is 0 Å². The zero-order valence-corrected chi connectivity index (χ0v) is 12.1. The minimum absolute atomic E-state index is 0.0556. The van der Waals surface area contributed by atoms with Crippen LogP contribution < -0.4 is 10.6 Å². The van der Waals surface area contributed by atoms with Gasteiger partial charge in [-0.3, -0.25) is 0 Å². The molecular weight excluding hydrogens is 236 g/mol. The number of rotatable bonds is 8. The third-order valence-electron chi connectivity index (χ3n) is 3.16. The molecule has 0 radical (unpaired) electrons. The molecule has 0 saturated heterocycles. The van der Waals surface area contributed by atoms with Crippen LogP contribution in [0.1, 0.15) is 45.1 Å². The maximum Gasteiger partial charge on any atom is 0.315 e. The molecule has 0 aliphatic heterocycles. The van der Waals surface area contributed by atoms with Crippen molar-refractivity contribution in [2.75, 3.05) is 6.54 Å². The van der Waals surface area contributed by atoms with Crippen molar-refractivity contribution >= 4 is 6.03 Å². The van der Waals surface area contributed by atoms with Crippen LogP contribution in [0.25, 0.3) is 0 Å². The highest BCUT2D eigenvalue weighted by atomic mass is 16.2. The first-order valence-corrected chi connectivity index (χ1v) is 7.30. The third-order valence-corrected chi connectivity index (χ3v) is 3.16. The molecule has 1 aromatic rings. The van der Waals surface area contributed by atoms with E-state index in [-0.39, 0.29) is 12.1 Å². The third kappa shape index (κ3) is 7.50. The second-order valence-electron chi connectivity index (χ2n) is 5.03. The monoisotopic (exact) mass is 262 g/mol. The Morgan fingerprint density at radius 3 is 2.63 bits per heavy atom. The van der Waals surface area contributed by atoms with Crippen molar-refractivity contribution in [3.05, 3.63) is 35.9 Å². The molecule has 1 unspecified atom stereocenters. The van der Waals surface area contributed by atoms with Gasteiger partial charge < -0.3 is 10.6 Å². The number of hydrogen-bond acceptors (Lipinski definition) is 1. The molecule has 19 heavy (non-hydrogen) atoms. The highest BCUT2D eigenvalue weighted by Crippen LogP contribution is 2.02. The zero-order valence-electron chi connectivity index (χ0n) is 12.1. The fraction of sp³-hybridized carbons (Fsp3) is 0.562. The highest BCUT2D eigenvalue weighted by Gasteiger charge is 2.05. The minimum atomic E-state index is -0.0556. The molecule has 0 heterocycles. The van der Waals surface area contributed by atoms with E-state index in [0.717, 1.165) is 12.8 Å². The van der Waals surface area contributed by atoms with Crippen LogP contribution in [0, 0.1) is 0 Å². The van der Waals surface area contributed by atoms with Gasteiger partial charge in [0.2, 0.25) is 0 Å². The van der Waals surface area contributed by atoms with E-state index in [0.29, 0.717) is 6.54 Å². The summed E-state index contributed by atoms with van der Waals surface area (Å²) in [5.41, 5.74) is 1.25. The predicted octanol–water partition coefficient (Wildman–Crippen LogP) is 3.50. The summed E-state index contributed by atoms with van der Waals surface area (Å²) in [5, 5.41) is 5.88. The van der Waals surface area contributed by atoms with E-state index in [2.05, 4.69) is 36.6 Å². The Hall–Kier alpha value is -1.51. The van der Waals surface area contributed by atoms with E-state index in [9.17, 15) is 4.79 Å².